The molecule has 0 heterocycles. The molecule has 3 heteroatoms. The third kappa shape index (κ3) is 15.1. The molecule has 0 saturated carbocycles. The van der Waals surface area contributed by atoms with Crippen LogP contribution in [0.4, 0.5) is 0 Å². The van der Waals surface area contributed by atoms with Gasteiger partial charge in [-0.15, -0.1) is 0 Å². The van der Waals surface area contributed by atoms with E-state index in [1.807, 2.05) is 0 Å². The summed E-state index contributed by atoms with van der Waals surface area (Å²) in [6.07, 6.45) is 15.3. The minimum Gasteiger partial charge on any atom is -0.352 e. The zero-order valence-corrected chi connectivity index (χ0v) is 13.7. The molecule has 0 spiro atoms. The molecule has 0 unspecified atom stereocenters. The Labute approximate surface area is 130 Å². The van der Waals surface area contributed by atoms with Crippen molar-refractivity contribution in [3.05, 3.63) is 35.7 Å². The van der Waals surface area contributed by atoms with E-state index in [0.29, 0.717) is 19.8 Å². The van der Waals surface area contributed by atoms with E-state index < -0.39 is 0 Å². The lowest BCUT2D eigenvalue weighted by Crippen LogP contribution is -2.18. The van der Waals surface area contributed by atoms with Crippen LogP contribution in [0.2, 0.25) is 0 Å². The lowest BCUT2D eigenvalue weighted by atomic mass is 10.2. The molecule has 0 amide bonds. The van der Waals surface area contributed by atoms with Crippen molar-refractivity contribution < 1.29 is 9.47 Å². The topological polar surface area (TPSA) is 22.8 Å². The molecule has 0 radical (unpaired) electrons. The van der Waals surface area contributed by atoms with Crippen molar-refractivity contribution in [1.82, 2.24) is 0 Å². The standard InChI is InChI=1S/C18H31NO2/c1-4-6-8-12-16-20-18(14-10-11-15-19-3)21-17-13-9-7-5-2/h6-9,18H,4-5,10-17H2,1-2H3/b8-6-,9-7-. The Hall–Kier alpha value is -1.11. The van der Waals surface area contributed by atoms with Gasteiger partial charge in [-0.05, 0) is 38.5 Å². The minimum atomic E-state index is -0.124. The monoisotopic (exact) mass is 293 g/mol. The van der Waals surface area contributed by atoms with E-state index >= 15 is 0 Å². The molecular weight excluding hydrogens is 262 g/mol. The summed E-state index contributed by atoms with van der Waals surface area (Å²) in [5.74, 6) is 0. The predicted molar refractivity (Wildman–Crippen MR) is 89.1 cm³/mol. The van der Waals surface area contributed by atoms with Crippen LogP contribution in [-0.2, 0) is 9.47 Å². The second kappa shape index (κ2) is 16.9. The molecule has 3 nitrogen and oxygen atoms in total. The lowest BCUT2D eigenvalue weighted by molar-refractivity contribution is -0.144. The Balaban J connectivity index is 3.87. The first-order valence-electron chi connectivity index (χ1n) is 8.21. The first kappa shape index (κ1) is 19.9. The summed E-state index contributed by atoms with van der Waals surface area (Å²) in [4.78, 5) is 3.37. The van der Waals surface area contributed by atoms with Crippen molar-refractivity contribution in [2.75, 3.05) is 19.8 Å². The van der Waals surface area contributed by atoms with Gasteiger partial charge in [0.15, 0.2) is 6.29 Å². The van der Waals surface area contributed by atoms with Crippen LogP contribution < -0.4 is 0 Å². The summed E-state index contributed by atoms with van der Waals surface area (Å²) in [5.41, 5.74) is 0. The summed E-state index contributed by atoms with van der Waals surface area (Å²) >= 11 is 0. The molecule has 0 aromatic rings. The quantitative estimate of drug-likeness (QED) is 0.191. The molecule has 0 aliphatic rings. The maximum absolute atomic E-state index is 6.79. The van der Waals surface area contributed by atoms with Crippen molar-refractivity contribution in [2.24, 2.45) is 0 Å². The molecule has 0 aliphatic heterocycles. The molecule has 0 atom stereocenters. The highest BCUT2D eigenvalue weighted by Gasteiger charge is 2.08. The maximum Gasteiger partial charge on any atom is 0.214 e. The lowest BCUT2D eigenvalue weighted by Gasteiger charge is -2.17. The first-order valence-corrected chi connectivity index (χ1v) is 8.21. The zero-order valence-electron chi connectivity index (χ0n) is 13.7. The van der Waals surface area contributed by atoms with Gasteiger partial charge in [0, 0.05) is 6.42 Å². The second-order valence-corrected chi connectivity index (χ2v) is 4.89. The Kier molecular flexibility index (Phi) is 16.0. The van der Waals surface area contributed by atoms with Gasteiger partial charge in [0.2, 0.25) is 6.54 Å². The Bertz CT molecular complexity index is 285. The van der Waals surface area contributed by atoms with Crippen molar-refractivity contribution in [2.45, 2.75) is 65.1 Å². The van der Waals surface area contributed by atoms with Gasteiger partial charge in [-0.3, -0.25) is 0 Å². The Morgan fingerprint density at radius 3 is 1.95 bits per heavy atom. The third-order valence-electron chi connectivity index (χ3n) is 2.94. The highest BCUT2D eigenvalue weighted by molar-refractivity contribution is 4.80. The van der Waals surface area contributed by atoms with Crippen LogP contribution in [0.25, 0.3) is 4.85 Å². The fourth-order valence-corrected chi connectivity index (χ4v) is 1.82. The van der Waals surface area contributed by atoms with Crippen molar-refractivity contribution >= 4 is 0 Å². The van der Waals surface area contributed by atoms with Crippen LogP contribution in [-0.4, -0.2) is 26.0 Å². The van der Waals surface area contributed by atoms with E-state index in [1.165, 1.54) is 0 Å². The van der Waals surface area contributed by atoms with Gasteiger partial charge in [-0.2, -0.15) is 0 Å². The van der Waals surface area contributed by atoms with Crippen LogP contribution in [0.15, 0.2) is 24.3 Å². The molecule has 0 aromatic heterocycles. The summed E-state index contributed by atoms with van der Waals surface area (Å²) in [6, 6.07) is 0. The molecule has 21 heavy (non-hydrogen) atoms. The van der Waals surface area contributed by atoms with E-state index in [2.05, 4.69) is 43.0 Å². The van der Waals surface area contributed by atoms with Crippen LogP contribution in [0, 0.1) is 6.57 Å². The van der Waals surface area contributed by atoms with E-state index in [0.717, 1.165) is 44.9 Å². The molecule has 0 bridgehead atoms. The number of hydrogen-bond donors (Lipinski definition) is 0. The average Bonchev–Trinajstić information content (AvgIpc) is 2.50. The minimum absolute atomic E-state index is 0.124. The van der Waals surface area contributed by atoms with Crippen LogP contribution >= 0.6 is 0 Å². The third-order valence-corrected chi connectivity index (χ3v) is 2.94. The van der Waals surface area contributed by atoms with E-state index in [4.69, 9.17) is 16.0 Å². The molecule has 0 rings (SSSR count). The fourth-order valence-electron chi connectivity index (χ4n) is 1.82. The molecule has 0 N–H and O–H groups in total. The fraction of sp³-hybridized carbons (Fsp3) is 0.722. The van der Waals surface area contributed by atoms with Gasteiger partial charge in [0.1, 0.15) is 0 Å². The molecular formula is C18H31NO2. The normalized spacial score (nSPS) is 11.7. The molecule has 0 aromatic carbocycles. The van der Waals surface area contributed by atoms with Gasteiger partial charge >= 0.3 is 0 Å². The number of hydrogen-bond acceptors (Lipinski definition) is 2. The molecule has 0 saturated heterocycles. The van der Waals surface area contributed by atoms with Gasteiger partial charge in [-0.25, -0.2) is 6.57 Å². The van der Waals surface area contributed by atoms with Crippen molar-refractivity contribution in [3.8, 4) is 0 Å². The summed E-state index contributed by atoms with van der Waals surface area (Å²) in [5, 5.41) is 0. The highest BCUT2D eigenvalue weighted by Crippen LogP contribution is 2.09. The molecule has 120 valence electrons. The summed E-state index contributed by atoms with van der Waals surface area (Å²) in [6.45, 7) is 13.1. The predicted octanol–water partition coefficient (Wildman–Crippen LogP) is 5.15. The van der Waals surface area contributed by atoms with Crippen LogP contribution in [0.1, 0.15) is 58.8 Å². The highest BCUT2D eigenvalue weighted by atomic mass is 16.7. The Morgan fingerprint density at radius 2 is 1.48 bits per heavy atom. The van der Waals surface area contributed by atoms with Crippen LogP contribution in [0.3, 0.4) is 0 Å². The Morgan fingerprint density at radius 1 is 0.905 bits per heavy atom. The first-order chi connectivity index (χ1) is 10.3. The average molecular weight is 293 g/mol. The van der Waals surface area contributed by atoms with Gasteiger partial charge in [0.25, 0.3) is 0 Å². The summed E-state index contributed by atoms with van der Waals surface area (Å²) in [7, 11) is 0. The van der Waals surface area contributed by atoms with E-state index in [-0.39, 0.29) is 6.29 Å². The number of unbranched alkanes of at least 4 members (excludes halogenated alkanes) is 1. The number of nitrogens with zero attached hydrogens (tertiary/aromatic N) is 1. The summed E-state index contributed by atoms with van der Waals surface area (Å²) < 4.78 is 11.6. The second-order valence-electron chi connectivity index (χ2n) is 4.89. The number of ether oxygens (including phenoxy) is 2. The smallest absolute Gasteiger partial charge is 0.214 e. The number of rotatable bonds is 14. The molecule has 0 aliphatic carbocycles. The SMILES string of the molecule is [C-]#[N+]CCCCC(OCC/C=C\CC)OCC/C=C\CC. The van der Waals surface area contributed by atoms with E-state index in [1.54, 1.807) is 0 Å². The zero-order chi connectivity index (χ0) is 15.6. The number of allylic oxidation sites excluding steroid dienone is 2. The maximum atomic E-state index is 6.79. The van der Waals surface area contributed by atoms with Gasteiger partial charge < -0.3 is 14.3 Å². The van der Waals surface area contributed by atoms with Crippen LogP contribution in [0.5, 0.6) is 0 Å². The van der Waals surface area contributed by atoms with Crippen molar-refractivity contribution in [1.29, 1.82) is 0 Å². The molecule has 0 fully saturated rings. The van der Waals surface area contributed by atoms with Gasteiger partial charge in [-0.1, -0.05) is 38.2 Å². The van der Waals surface area contributed by atoms with Crippen molar-refractivity contribution in [3.63, 3.8) is 0 Å². The van der Waals surface area contributed by atoms with Gasteiger partial charge in [0.05, 0.1) is 13.2 Å². The van der Waals surface area contributed by atoms with E-state index in [9.17, 15) is 0 Å². The largest absolute Gasteiger partial charge is 0.352 e.